The molecule has 9 heteroatoms. The molecule has 0 unspecified atom stereocenters. The summed E-state index contributed by atoms with van der Waals surface area (Å²) < 4.78 is 1.93. The van der Waals surface area contributed by atoms with Crippen molar-refractivity contribution in [1.82, 2.24) is 29.2 Å². The van der Waals surface area contributed by atoms with Crippen molar-refractivity contribution in [2.75, 3.05) is 18.4 Å². The molecule has 4 aromatic heterocycles. The number of imidazole rings is 1. The summed E-state index contributed by atoms with van der Waals surface area (Å²) in [6.07, 6.45) is 8.73. The van der Waals surface area contributed by atoms with Gasteiger partial charge in [-0.25, -0.2) is 19.7 Å². The smallest absolute Gasteiger partial charge is 0.407 e. The summed E-state index contributed by atoms with van der Waals surface area (Å²) in [4.78, 5) is 28.6. The van der Waals surface area contributed by atoms with E-state index in [1.54, 1.807) is 12.5 Å². The van der Waals surface area contributed by atoms with Crippen molar-refractivity contribution in [3.05, 3.63) is 55.0 Å². The largest absolute Gasteiger partial charge is 0.465 e. The number of aromatic amines is 1. The summed E-state index contributed by atoms with van der Waals surface area (Å²) in [7, 11) is 0. The number of hydrogen-bond acceptors (Lipinski definition) is 5. The van der Waals surface area contributed by atoms with Gasteiger partial charge in [0.1, 0.15) is 17.8 Å². The topological polar surface area (TPSA) is 111 Å². The minimum Gasteiger partial charge on any atom is -0.465 e. The van der Waals surface area contributed by atoms with Crippen LogP contribution < -0.4 is 5.32 Å². The number of hydrogen-bond donors (Lipinski definition) is 3. The van der Waals surface area contributed by atoms with Crippen LogP contribution >= 0.6 is 0 Å². The Balaban J connectivity index is 1.46. The molecule has 0 bridgehead atoms. The third-order valence-corrected chi connectivity index (χ3v) is 4.92. The van der Waals surface area contributed by atoms with Crippen molar-refractivity contribution >= 4 is 39.7 Å². The van der Waals surface area contributed by atoms with Crippen LogP contribution in [0, 0.1) is 0 Å². The number of fused-ring (bicyclic) bond motifs is 2. The van der Waals surface area contributed by atoms with Crippen LogP contribution in [-0.4, -0.2) is 53.5 Å². The van der Waals surface area contributed by atoms with Gasteiger partial charge >= 0.3 is 6.09 Å². The molecule has 5 rings (SSSR count). The lowest BCUT2D eigenvalue weighted by molar-refractivity contribution is 0.150. The quantitative estimate of drug-likeness (QED) is 0.507. The van der Waals surface area contributed by atoms with Crippen LogP contribution in [0.15, 0.2) is 49.3 Å². The number of amides is 1. The van der Waals surface area contributed by atoms with Gasteiger partial charge in [0.15, 0.2) is 0 Å². The lowest BCUT2D eigenvalue weighted by Crippen LogP contribution is -2.33. The molecule has 28 heavy (non-hydrogen) atoms. The van der Waals surface area contributed by atoms with Gasteiger partial charge in [0.25, 0.3) is 0 Å². The molecule has 1 amide bonds. The summed E-state index contributed by atoms with van der Waals surface area (Å²) in [5.74, 6) is 0.704. The minimum atomic E-state index is -0.890. The van der Waals surface area contributed by atoms with Crippen LogP contribution in [0.2, 0.25) is 0 Å². The monoisotopic (exact) mass is 375 g/mol. The van der Waals surface area contributed by atoms with E-state index >= 15 is 0 Å². The van der Waals surface area contributed by atoms with Crippen molar-refractivity contribution < 1.29 is 9.90 Å². The van der Waals surface area contributed by atoms with E-state index in [9.17, 15) is 4.79 Å². The highest BCUT2D eigenvalue weighted by Crippen LogP contribution is 2.29. The Morgan fingerprint density at radius 1 is 1.29 bits per heavy atom. The molecule has 0 aliphatic carbocycles. The van der Waals surface area contributed by atoms with Gasteiger partial charge in [0.05, 0.1) is 29.1 Å². The van der Waals surface area contributed by atoms with E-state index in [1.165, 1.54) is 11.2 Å². The molecule has 0 saturated heterocycles. The number of aromatic nitrogens is 5. The molecule has 3 N–H and O–H groups in total. The molecule has 0 aromatic carbocycles. The van der Waals surface area contributed by atoms with Crippen LogP contribution in [0.3, 0.4) is 0 Å². The van der Waals surface area contributed by atoms with Gasteiger partial charge in [-0.15, -0.1) is 0 Å². The predicted molar refractivity (Wildman–Crippen MR) is 105 cm³/mol. The Morgan fingerprint density at radius 2 is 2.21 bits per heavy atom. The minimum absolute atomic E-state index is 0.391. The summed E-state index contributed by atoms with van der Waals surface area (Å²) >= 11 is 0. The van der Waals surface area contributed by atoms with Gasteiger partial charge in [-0.05, 0) is 30.2 Å². The van der Waals surface area contributed by atoms with Gasteiger partial charge in [-0.3, -0.25) is 0 Å². The molecule has 0 saturated carbocycles. The summed E-state index contributed by atoms with van der Waals surface area (Å²) in [5.41, 5.74) is 4.66. The first-order valence-electron chi connectivity index (χ1n) is 8.87. The van der Waals surface area contributed by atoms with Crippen LogP contribution in [0.4, 0.5) is 16.3 Å². The van der Waals surface area contributed by atoms with Crippen molar-refractivity contribution in [2.24, 2.45) is 0 Å². The zero-order chi connectivity index (χ0) is 19.1. The molecule has 0 radical (unpaired) electrons. The second-order valence-electron chi connectivity index (χ2n) is 6.64. The maximum atomic E-state index is 11.1. The Bertz CT molecular complexity index is 1220. The zero-order valence-electron chi connectivity index (χ0n) is 14.8. The number of carbonyl (C=O) groups is 1. The normalized spacial score (nSPS) is 14.4. The fourth-order valence-corrected chi connectivity index (χ4v) is 3.43. The number of rotatable bonds is 3. The number of anilines is 2. The highest BCUT2D eigenvalue weighted by atomic mass is 16.4. The first-order chi connectivity index (χ1) is 13.7. The molecular weight excluding hydrogens is 358 g/mol. The zero-order valence-corrected chi connectivity index (χ0v) is 14.8. The molecule has 140 valence electrons. The first-order valence-corrected chi connectivity index (χ1v) is 8.87. The number of nitrogens with zero attached hydrogens (tertiary/aromatic N) is 5. The van der Waals surface area contributed by atoms with Gasteiger partial charge < -0.3 is 24.7 Å². The van der Waals surface area contributed by atoms with Gasteiger partial charge in [0, 0.05) is 25.0 Å². The van der Waals surface area contributed by atoms with E-state index in [0.29, 0.717) is 25.3 Å². The average Bonchev–Trinajstić information content (AvgIpc) is 3.35. The van der Waals surface area contributed by atoms with Crippen LogP contribution in [0.5, 0.6) is 0 Å². The summed E-state index contributed by atoms with van der Waals surface area (Å²) in [6.45, 7) is 0.875. The molecule has 0 spiro atoms. The van der Waals surface area contributed by atoms with E-state index in [0.717, 1.165) is 33.5 Å². The molecule has 0 atom stereocenters. The van der Waals surface area contributed by atoms with Gasteiger partial charge in [0.2, 0.25) is 0 Å². The van der Waals surface area contributed by atoms with Crippen LogP contribution in [-0.2, 0) is 0 Å². The number of carboxylic acid groups (broad SMARTS) is 1. The van der Waals surface area contributed by atoms with E-state index in [-0.39, 0.29) is 0 Å². The lowest BCUT2D eigenvalue weighted by Gasteiger charge is -2.23. The van der Waals surface area contributed by atoms with E-state index < -0.39 is 6.09 Å². The molecule has 0 fully saturated rings. The maximum Gasteiger partial charge on any atom is 0.407 e. The number of pyridine rings is 1. The predicted octanol–water partition coefficient (Wildman–Crippen LogP) is 3.12. The Labute approximate surface area is 159 Å². The molecule has 1 aliphatic rings. The standard InChI is InChI=1S/C19H17N7O2/c27-19(28)25-5-3-12(4-6-25)16-7-15-17(21-10-22-18(15)24-16)23-13-1-2-14-8-20-11-26(14)9-13/h1-3,7-11H,4-6H2,(H,27,28)(H2,21,22,23,24). The molecule has 4 aromatic rings. The average molecular weight is 375 g/mol. The third-order valence-electron chi connectivity index (χ3n) is 4.92. The van der Waals surface area contributed by atoms with Crippen molar-refractivity contribution in [2.45, 2.75) is 6.42 Å². The Hall–Kier alpha value is -3.88. The molecular formula is C19H17N7O2. The van der Waals surface area contributed by atoms with Crippen LogP contribution in [0.1, 0.15) is 12.1 Å². The highest BCUT2D eigenvalue weighted by Gasteiger charge is 2.18. The Morgan fingerprint density at radius 3 is 3.04 bits per heavy atom. The number of nitrogens with one attached hydrogen (secondary N) is 2. The number of H-pyrrole nitrogens is 1. The van der Waals surface area contributed by atoms with Gasteiger partial charge in [-0.1, -0.05) is 6.08 Å². The Kier molecular flexibility index (Phi) is 3.71. The van der Waals surface area contributed by atoms with E-state index in [2.05, 4.69) is 25.3 Å². The lowest BCUT2D eigenvalue weighted by atomic mass is 10.1. The second kappa shape index (κ2) is 6.38. The summed E-state index contributed by atoms with van der Waals surface area (Å²) in [5, 5.41) is 13.3. The second-order valence-corrected chi connectivity index (χ2v) is 6.64. The molecule has 1 aliphatic heterocycles. The van der Waals surface area contributed by atoms with Crippen molar-refractivity contribution in [3.63, 3.8) is 0 Å². The van der Waals surface area contributed by atoms with Crippen molar-refractivity contribution in [3.8, 4) is 0 Å². The molecule has 5 heterocycles. The van der Waals surface area contributed by atoms with Crippen molar-refractivity contribution in [1.29, 1.82) is 0 Å². The first kappa shape index (κ1) is 16.3. The van der Waals surface area contributed by atoms with E-state index in [4.69, 9.17) is 5.11 Å². The van der Waals surface area contributed by atoms with Crippen LogP contribution in [0.25, 0.3) is 22.1 Å². The van der Waals surface area contributed by atoms with E-state index in [1.807, 2.05) is 34.9 Å². The maximum absolute atomic E-state index is 11.1. The summed E-state index contributed by atoms with van der Waals surface area (Å²) in [6, 6.07) is 5.97. The third kappa shape index (κ3) is 2.82. The van der Waals surface area contributed by atoms with Gasteiger partial charge in [-0.2, -0.15) is 0 Å². The fraction of sp³-hybridized carbons (Fsp3) is 0.158. The molecule has 9 nitrogen and oxygen atoms in total. The fourth-order valence-electron chi connectivity index (χ4n) is 3.43. The highest BCUT2D eigenvalue weighted by molar-refractivity contribution is 5.92. The SMILES string of the molecule is O=C(O)N1CC=C(c2cc3c(Nc4ccc5cncn5c4)ncnc3[nH]2)CC1.